The van der Waals surface area contributed by atoms with Crippen LogP contribution in [-0.4, -0.2) is 9.78 Å². The Kier molecular flexibility index (Phi) is 5.01. The van der Waals surface area contributed by atoms with Gasteiger partial charge in [0.1, 0.15) is 0 Å². The molecular formula is C14H18F2N2. The van der Waals surface area contributed by atoms with Gasteiger partial charge in [0.05, 0.1) is 6.20 Å². The van der Waals surface area contributed by atoms with E-state index >= 15 is 0 Å². The molecule has 0 unspecified atom stereocenters. The molecule has 18 heavy (non-hydrogen) atoms. The van der Waals surface area contributed by atoms with Crippen molar-refractivity contribution in [3.05, 3.63) is 41.7 Å². The van der Waals surface area contributed by atoms with Crippen molar-refractivity contribution >= 4 is 0 Å². The molecule has 0 aliphatic heterocycles. The number of alkyl halides is 2. The Morgan fingerprint density at radius 2 is 1.83 bits per heavy atom. The van der Waals surface area contributed by atoms with Gasteiger partial charge < -0.3 is 0 Å². The summed E-state index contributed by atoms with van der Waals surface area (Å²) in [5.74, 6) is 0. The monoisotopic (exact) mass is 252 g/mol. The molecule has 0 saturated heterocycles. The molecule has 2 rings (SSSR count). The first-order valence-electron chi connectivity index (χ1n) is 5.98. The normalized spacial score (nSPS) is 10.2. The van der Waals surface area contributed by atoms with E-state index in [1.807, 2.05) is 45.9 Å². The number of nitrogens with zero attached hydrogens (tertiary/aromatic N) is 2. The van der Waals surface area contributed by atoms with Crippen LogP contribution in [0.3, 0.4) is 0 Å². The van der Waals surface area contributed by atoms with E-state index in [2.05, 4.69) is 5.10 Å². The summed E-state index contributed by atoms with van der Waals surface area (Å²) in [7, 11) is 0. The standard InChI is InChI=1S/C12H12F2N2.C2H6/c1-8-3-4-11(9(2)5-8)10-6-15-16(7-10)12(13)14;1-2/h3-7,12H,1-2H3;1-2H3. The molecule has 2 nitrogen and oxygen atoms in total. The van der Waals surface area contributed by atoms with Crippen molar-refractivity contribution < 1.29 is 8.78 Å². The highest BCUT2D eigenvalue weighted by atomic mass is 19.3. The van der Waals surface area contributed by atoms with Gasteiger partial charge in [-0.1, -0.05) is 37.6 Å². The van der Waals surface area contributed by atoms with Crippen molar-refractivity contribution in [2.75, 3.05) is 0 Å². The zero-order valence-electron chi connectivity index (χ0n) is 11.1. The van der Waals surface area contributed by atoms with Crippen molar-refractivity contribution in [1.82, 2.24) is 9.78 Å². The van der Waals surface area contributed by atoms with Gasteiger partial charge in [-0.2, -0.15) is 13.9 Å². The molecule has 0 spiro atoms. The molecule has 1 heterocycles. The highest BCUT2D eigenvalue weighted by molar-refractivity contribution is 5.66. The predicted molar refractivity (Wildman–Crippen MR) is 69.7 cm³/mol. The van der Waals surface area contributed by atoms with Gasteiger partial charge in [-0.3, -0.25) is 0 Å². The van der Waals surface area contributed by atoms with Gasteiger partial charge in [0, 0.05) is 11.8 Å². The van der Waals surface area contributed by atoms with Crippen LogP contribution >= 0.6 is 0 Å². The van der Waals surface area contributed by atoms with E-state index in [0.29, 0.717) is 4.68 Å². The summed E-state index contributed by atoms with van der Waals surface area (Å²) in [6, 6.07) is 5.91. The van der Waals surface area contributed by atoms with Gasteiger partial charge in [0.15, 0.2) is 0 Å². The molecule has 0 radical (unpaired) electrons. The summed E-state index contributed by atoms with van der Waals surface area (Å²) in [4.78, 5) is 0. The first-order chi connectivity index (χ1) is 8.58. The van der Waals surface area contributed by atoms with E-state index in [4.69, 9.17) is 0 Å². The van der Waals surface area contributed by atoms with Crippen molar-refractivity contribution in [1.29, 1.82) is 0 Å². The van der Waals surface area contributed by atoms with E-state index in [1.165, 1.54) is 12.4 Å². The lowest BCUT2D eigenvalue weighted by molar-refractivity contribution is 0.0566. The SMILES string of the molecule is CC.Cc1ccc(-c2cnn(C(F)F)c2)c(C)c1. The molecule has 0 bridgehead atoms. The van der Waals surface area contributed by atoms with E-state index in [-0.39, 0.29) is 0 Å². The molecule has 0 saturated carbocycles. The van der Waals surface area contributed by atoms with Crippen LogP contribution in [0.2, 0.25) is 0 Å². The van der Waals surface area contributed by atoms with Crippen molar-refractivity contribution in [3.8, 4) is 11.1 Å². The summed E-state index contributed by atoms with van der Waals surface area (Å²) in [5.41, 5.74) is 3.88. The third-order valence-electron chi connectivity index (χ3n) is 2.49. The van der Waals surface area contributed by atoms with Crippen molar-refractivity contribution in [2.24, 2.45) is 0 Å². The summed E-state index contributed by atoms with van der Waals surface area (Å²) >= 11 is 0. The number of aromatic nitrogens is 2. The minimum Gasteiger partial charge on any atom is -0.211 e. The number of halogens is 2. The molecule has 0 amide bonds. The van der Waals surface area contributed by atoms with Gasteiger partial charge in [-0.05, 0) is 25.0 Å². The largest absolute Gasteiger partial charge is 0.333 e. The molecule has 0 atom stereocenters. The summed E-state index contributed by atoms with van der Waals surface area (Å²) in [6.45, 7) is 5.38. The van der Waals surface area contributed by atoms with E-state index in [9.17, 15) is 8.78 Å². The first-order valence-corrected chi connectivity index (χ1v) is 5.98. The maximum atomic E-state index is 12.4. The fourth-order valence-corrected chi connectivity index (χ4v) is 1.72. The number of hydrogen-bond donors (Lipinski definition) is 0. The second kappa shape index (κ2) is 6.28. The maximum absolute atomic E-state index is 12.4. The number of hydrogen-bond acceptors (Lipinski definition) is 1. The van der Waals surface area contributed by atoms with Gasteiger partial charge in [0.2, 0.25) is 0 Å². The Morgan fingerprint density at radius 1 is 1.17 bits per heavy atom. The minimum atomic E-state index is -2.58. The van der Waals surface area contributed by atoms with Gasteiger partial charge in [-0.15, -0.1) is 0 Å². The quantitative estimate of drug-likeness (QED) is 0.764. The summed E-state index contributed by atoms with van der Waals surface area (Å²) in [5, 5.41) is 3.62. The molecule has 0 aliphatic rings. The zero-order chi connectivity index (χ0) is 13.7. The lowest BCUT2D eigenvalue weighted by Gasteiger charge is -2.03. The average Bonchev–Trinajstić information content (AvgIpc) is 2.81. The summed E-state index contributed by atoms with van der Waals surface area (Å²) in [6.07, 6.45) is 2.83. The van der Waals surface area contributed by atoms with Crippen molar-refractivity contribution in [3.63, 3.8) is 0 Å². The first kappa shape index (κ1) is 14.4. The fraction of sp³-hybridized carbons (Fsp3) is 0.357. The molecule has 1 aromatic carbocycles. The van der Waals surface area contributed by atoms with Crippen LogP contribution in [0.5, 0.6) is 0 Å². The van der Waals surface area contributed by atoms with Gasteiger partial charge >= 0.3 is 6.55 Å². The predicted octanol–water partition coefficient (Wildman–Crippen LogP) is 4.59. The highest BCUT2D eigenvalue weighted by Gasteiger charge is 2.09. The molecule has 0 aliphatic carbocycles. The maximum Gasteiger partial charge on any atom is 0.333 e. The number of aryl methyl sites for hydroxylation is 2. The van der Waals surface area contributed by atoms with E-state index < -0.39 is 6.55 Å². The van der Waals surface area contributed by atoms with E-state index in [0.717, 1.165) is 22.3 Å². The average molecular weight is 252 g/mol. The Morgan fingerprint density at radius 3 is 2.33 bits per heavy atom. The van der Waals surface area contributed by atoms with Crippen LogP contribution < -0.4 is 0 Å². The van der Waals surface area contributed by atoms with Crippen LogP contribution in [0, 0.1) is 13.8 Å². The molecule has 98 valence electrons. The zero-order valence-corrected chi connectivity index (χ0v) is 11.1. The molecule has 0 N–H and O–H groups in total. The minimum absolute atomic E-state index is 0.661. The third kappa shape index (κ3) is 3.15. The highest BCUT2D eigenvalue weighted by Crippen LogP contribution is 2.24. The Hall–Kier alpha value is -1.71. The molecule has 4 heteroatoms. The lowest BCUT2D eigenvalue weighted by Crippen LogP contribution is -1.96. The van der Waals surface area contributed by atoms with Crippen molar-refractivity contribution in [2.45, 2.75) is 34.2 Å². The van der Waals surface area contributed by atoms with E-state index in [1.54, 1.807) is 0 Å². The van der Waals surface area contributed by atoms with Crippen LogP contribution in [0.4, 0.5) is 8.78 Å². The second-order valence-electron chi connectivity index (χ2n) is 3.81. The second-order valence-corrected chi connectivity index (χ2v) is 3.81. The molecule has 2 aromatic rings. The van der Waals surface area contributed by atoms with Crippen LogP contribution in [0.25, 0.3) is 11.1 Å². The van der Waals surface area contributed by atoms with Gasteiger partial charge in [-0.25, -0.2) is 4.68 Å². The van der Waals surface area contributed by atoms with Gasteiger partial charge in [0.25, 0.3) is 0 Å². The molecule has 1 aromatic heterocycles. The summed E-state index contributed by atoms with van der Waals surface area (Å²) < 4.78 is 25.4. The topological polar surface area (TPSA) is 17.8 Å². The number of rotatable bonds is 2. The smallest absolute Gasteiger partial charge is 0.211 e. The fourth-order valence-electron chi connectivity index (χ4n) is 1.72. The van der Waals surface area contributed by atoms with Crippen LogP contribution in [-0.2, 0) is 0 Å². The third-order valence-corrected chi connectivity index (χ3v) is 2.49. The Labute approximate surface area is 106 Å². The van der Waals surface area contributed by atoms with Crippen LogP contribution in [0.1, 0.15) is 31.5 Å². The molecular weight excluding hydrogens is 234 g/mol. The number of benzene rings is 1. The Bertz CT molecular complexity index is 504. The molecule has 0 fully saturated rings. The lowest BCUT2D eigenvalue weighted by atomic mass is 10.0. The Balaban J connectivity index is 0.000000771. The van der Waals surface area contributed by atoms with Crippen LogP contribution in [0.15, 0.2) is 30.6 Å².